The Morgan fingerprint density at radius 2 is 1.54 bits per heavy atom. The van der Waals surface area contributed by atoms with Crippen molar-refractivity contribution in [1.29, 1.82) is 0 Å². The fourth-order valence-corrected chi connectivity index (χ4v) is 12.5. The summed E-state index contributed by atoms with van der Waals surface area (Å²) in [5.41, 5.74) is 5.70. The number of aryl methyl sites for hydroxylation is 1. The van der Waals surface area contributed by atoms with Gasteiger partial charge >= 0.3 is 0 Å². The lowest BCUT2D eigenvalue weighted by Gasteiger charge is -2.69. The van der Waals surface area contributed by atoms with E-state index in [0.717, 1.165) is 66.3 Å². The van der Waals surface area contributed by atoms with Gasteiger partial charge in [0.15, 0.2) is 0 Å². The van der Waals surface area contributed by atoms with Crippen LogP contribution in [0.1, 0.15) is 139 Å². The Morgan fingerprint density at radius 1 is 0.857 bits per heavy atom. The fraction of sp³-hybridized carbons (Fsp3) is 0.667. The Labute approximate surface area is 339 Å². The van der Waals surface area contributed by atoms with E-state index < -0.39 is 0 Å². The Bertz CT molecular complexity index is 1540. The van der Waals surface area contributed by atoms with Gasteiger partial charge in [0.25, 0.3) is 6.47 Å². The van der Waals surface area contributed by atoms with E-state index in [2.05, 4.69) is 56.8 Å². The number of fused-ring (bicyclic) bond motifs is 7. The molecule has 5 aliphatic carbocycles. The number of rotatable bonds is 7. The van der Waals surface area contributed by atoms with Gasteiger partial charge < -0.3 is 20.8 Å². The molecule has 56 heavy (non-hydrogen) atoms. The minimum absolute atomic E-state index is 0.0925. The predicted octanol–water partition coefficient (Wildman–Crippen LogP) is 9.62. The molecule has 0 bridgehead atoms. The smallest absolute Gasteiger partial charge is 0.290 e. The summed E-state index contributed by atoms with van der Waals surface area (Å²) >= 11 is 0. The van der Waals surface area contributed by atoms with Gasteiger partial charge in [-0.25, -0.2) is 0 Å². The Hall–Kier alpha value is -3.36. The molecule has 5 aliphatic rings. The predicted molar refractivity (Wildman–Crippen MR) is 228 cm³/mol. The van der Waals surface area contributed by atoms with Crippen molar-refractivity contribution in [2.45, 2.75) is 138 Å². The summed E-state index contributed by atoms with van der Waals surface area (Å²) in [6.07, 6.45) is 19.5. The highest BCUT2D eigenvalue weighted by molar-refractivity contribution is 5.74. The van der Waals surface area contributed by atoms with Crippen molar-refractivity contribution in [1.82, 2.24) is 15.6 Å². The average molecular weight is 774 g/mol. The van der Waals surface area contributed by atoms with E-state index in [-0.39, 0.29) is 18.0 Å². The lowest BCUT2D eigenvalue weighted by molar-refractivity contribution is -0.213. The van der Waals surface area contributed by atoms with Crippen molar-refractivity contribution in [3.63, 3.8) is 0 Å². The summed E-state index contributed by atoms with van der Waals surface area (Å²) in [6.45, 7) is 21.2. The number of nitrogens with one attached hydrogen (secondary N) is 2. The van der Waals surface area contributed by atoms with Gasteiger partial charge in [0, 0.05) is 24.3 Å². The molecule has 4 N–H and O–H groups in total. The molecule has 0 spiro atoms. The first-order chi connectivity index (χ1) is 26.6. The third-order valence-electron chi connectivity index (χ3n) is 15.0. The molecule has 0 aliphatic heterocycles. The van der Waals surface area contributed by atoms with Crippen LogP contribution in [-0.4, -0.2) is 54.1 Å². The quantitative estimate of drug-likeness (QED) is 0.125. The largest absolute Gasteiger partial charge is 0.483 e. The summed E-state index contributed by atoms with van der Waals surface area (Å²) in [5.74, 6) is 4.64. The van der Waals surface area contributed by atoms with E-state index in [1.807, 2.05) is 57.3 Å². The fourth-order valence-electron chi connectivity index (χ4n) is 12.5. The zero-order valence-corrected chi connectivity index (χ0v) is 36.0. The van der Waals surface area contributed by atoms with Crippen LogP contribution in [0.25, 0.3) is 0 Å². The van der Waals surface area contributed by atoms with E-state index in [4.69, 9.17) is 9.90 Å². The number of hydrogen-bond donors (Lipinski definition) is 4. The SMILES string of the molecule is C=CC.CC12CCCC1C1CCC3C(C)(CCC4C(C)(C)C(O)CCC43C)C1CC2.CNCc1cccc(C)n1.O=CNCCc1cccc(C=O)c1.O=CO. The topological polar surface area (TPSA) is 129 Å². The second kappa shape index (κ2) is 21.4. The van der Waals surface area contributed by atoms with Crippen molar-refractivity contribution in [3.8, 4) is 0 Å². The number of aldehydes is 1. The first kappa shape index (κ1) is 47.0. The third kappa shape index (κ3) is 11.0. The maximum absolute atomic E-state index is 10.8. The number of carboxylic acid groups (broad SMARTS) is 1. The Kier molecular flexibility index (Phi) is 18.0. The second-order valence-corrected chi connectivity index (χ2v) is 18.6. The second-order valence-electron chi connectivity index (χ2n) is 18.6. The maximum Gasteiger partial charge on any atom is 0.290 e. The molecule has 5 saturated carbocycles. The first-order valence-corrected chi connectivity index (χ1v) is 21.3. The van der Waals surface area contributed by atoms with Gasteiger partial charge in [-0.2, -0.15) is 0 Å². The van der Waals surface area contributed by atoms with Crippen LogP contribution in [-0.2, 0) is 22.6 Å². The van der Waals surface area contributed by atoms with Gasteiger partial charge in [0.05, 0.1) is 11.8 Å². The molecule has 0 saturated heterocycles. The molecule has 9 atom stereocenters. The summed E-state index contributed by atoms with van der Waals surface area (Å²) in [6, 6.07) is 13.4. The first-order valence-electron chi connectivity index (χ1n) is 21.3. The van der Waals surface area contributed by atoms with Crippen molar-refractivity contribution in [3.05, 3.63) is 77.6 Å². The van der Waals surface area contributed by atoms with Crippen LogP contribution in [0.4, 0.5) is 0 Å². The maximum atomic E-state index is 10.8. The lowest BCUT2D eigenvalue weighted by atomic mass is 9.36. The molecular formula is C48H75N3O5. The number of carbonyl (C=O) groups excluding carboxylic acids is 2. The summed E-state index contributed by atoms with van der Waals surface area (Å²) in [4.78, 5) is 33.0. The van der Waals surface area contributed by atoms with E-state index in [0.29, 0.717) is 40.7 Å². The van der Waals surface area contributed by atoms with Crippen molar-refractivity contribution in [2.75, 3.05) is 13.6 Å². The number of carbonyl (C=O) groups is 3. The molecule has 312 valence electrons. The lowest BCUT2D eigenvalue weighted by Crippen LogP contribution is -2.63. The molecule has 0 radical (unpaired) electrons. The zero-order valence-electron chi connectivity index (χ0n) is 36.0. The molecule has 9 unspecified atom stereocenters. The minimum Gasteiger partial charge on any atom is -0.483 e. The van der Waals surface area contributed by atoms with Crippen molar-refractivity contribution in [2.24, 2.45) is 51.2 Å². The van der Waals surface area contributed by atoms with Crippen LogP contribution in [0.3, 0.4) is 0 Å². The highest BCUT2D eigenvalue weighted by atomic mass is 16.3. The van der Waals surface area contributed by atoms with Gasteiger partial charge in [-0.15, -0.1) is 6.58 Å². The van der Waals surface area contributed by atoms with E-state index in [9.17, 15) is 14.7 Å². The number of amides is 1. The minimum atomic E-state index is -0.250. The van der Waals surface area contributed by atoms with Crippen LogP contribution in [0, 0.1) is 58.2 Å². The van der Waals surface area contributed by atoms with Gasteiger partial charge in [-0.3, -0.25) is 19.4 Å². The number of hydrogen-bond acceptors (Lipinski definition) is 6. The van der Waals surface area contributed by atoms with Crippen LogP contribution >= 0.6 is 0 Å². The number of aliphatic hydroxyl groups is 1. The summed E-state index contributed by atoms with van der Waals surface area (Å²) in [5, 5.41) is 23.3. The number of aliphatic hydroxyl groups excluding tert-OH is 1. The number of allylic oxidation sites excluding steroid dienone is 1. The van der Waals surface area contributed by atoms with Crippen LogP contribution in [0.2, 0.25) is 0 Å². The molecule has 1 aromatic heterocycles. The molecule has 8 heteroatoms. The third-order valence-corrected chi connectivity index (χ3v) is 15.0. The van der Waals surface area contributed by atoms with Crippen molar-refractivity contribution < 1.29 is 24.6 Å². The normalized spacial score (nSPS) is 32.9. The van der Waals surface area contributed by atoms with Crippen LogP contribution < -0.4 is 10.6 Å². The average Bonchev–Trinajstić information content (AvgIpc) is 3.57. The molecule has 1 heterocycles. The summed E-state index contributed by atoms with van der Waals surface area (Å²) < 4.78 is 0. The monoisotopic (exact) mass is 774 g/mol. The van der Waals surface area contributed by atoms with Crippen molar-refractivity contribution >= 4 is 19.2 Å². The van der Waals surface area contributed by atoms with Crippen LogP contribution in [0.5, 0.6) is 0 Å². The van der Waals surface area contributed by atoms with Gasteiger partial charge in [0.1, 0.15) is 6.29 Å². The molecule has 1 aromatic carbocycles. The number of pyridine rings is 1. The number of nitrogens with zero attached hydrogens (tertiary/aromatic N) is 1. The van der Waals surface area contributed by atoms with Gasteiger partial charge in [-0.05, 0) is 167 Å². The zero-order chi connectivity index (χ0) is 41.6. The highest BCUT2D eigenvalue weighted by Crippen LogP contribution is 2.72. The van der Waals surface area contributed by atoms with E-state index in [1.54, 1.807) is 12.1 Å². The summed E-state index contributed by atoms with van der Waals surface area (Å²) in [7, 11) is 1.92. The standard InChI is InChI=1S/C26H44O.C10H11NO2.C8H12N2.C3H6.CH2O2/c1-23(2)20-11-15-25(4)19-10-14-24(3)13-6-7-18(24)17(19)8-9-21(25)26(20,5)16-12-22(23)27;12-7-10-3-1-2-9(6-10)4-5-11-8-13;1-7-4-3-5-8(10-7)6-9-2;1-3-2;2-1-3/h17-22,27H,6-16H2,1-5H3;1-3,6-8H,4-5H2,(H,11,13);3-5,9H,6H2,1-2H3;3H,1H2,2H3;1H,(H,2,3). The van der Waals surface area contributed by atoms with Gasteiger partial charge in [0.2, 0.25) is 6.41 Å². The number of benzene rings is 1. The molecule has 2 aromatic rings. The van der Waals surface area contributed by atoms with E-state index in [1.165, 1.54) is 64.2 Å². The molecule has 7 rings (SSSR count). The molecule has 1 amide bonds. The Balaban J connectivity index is 0.000000241. The number of aromatic nitrogens is 1. The molecule has 8 nitrogen and oxygen atoms in total. The van der Waals surface area contributed by atoms with E-state index >= 15 is 0 Å². The molecule has 5 fully saturated rings. The van der Waals surface area contributed by atoms with Gasteiger partial charge in [-0.1, -0.05) is 71.4 Å². The Morgan fingerprint density at radius 3 is 2.18 bits per heavy atom. The molecular weight excluding hydrogens is 699 g/mol. The highest BCUT2D eigenvalue weighted by Gasteiger charge is 2.65. The van der Waals surface area contributed by atoms with Crippen LogP contribution in [0.15, 0.2) is 55.1 Å².